The van der Waals surface area contributed by atoms with Gasteiger partial charge >= 0.3 is 6.09 Å². The number of amides is 1. The van der Waals surface area contributed by atoms with Crippen LogP contribution in [-0.2, 0) is 11.8 Å². The topological polar surface area (TPSA) is 88.9 Å². The molecule has 0 saturated carbocycles. The summed E-state index contributed by atoms with van der Waals surface area (Å²) in [7, 11) is 1.84. The van der Waals surface area contributed by atoms with Crippen LogP contribution in [-0.4, -0.2) is 64.3 Å². The Bertz CT molecular complexity index is 782. The number of benzene rings is 1. The van der Waals surface area contributed by atoms with Gasteiger partial charge in [0.1, 0.15) is 12.4 Å². The zero-order chi connectivity index (χ0) is 19.4. The molecule has 0 radical (unpaired) electrons. The van der Waals surface area contributed by atoms with E-state index in [1.54, 1.807) is 29.1 Å². The highest BCUT2D eigenvalue weighted by Crippen LogP contribution is 2.32. The van der Waals surface area contributed by atoms with Gasteiger partial charge in [-0.25, -0.2) is 4.79 Å². The quantitative estimate of drug-likeness (QED) is 0.808. The van der Waals surface area contributed by atoms with Gasteiger partial charge in [-0.15, -0.1) is 0 Å². The Kier molecular flexibility index (Phi) is 5.98. The maximum atomic E-state index is 10.9. The van der Waals surface area contributed by atoms with Crippen molar-refractivity contribution >= 4 is 11.8 Å². The maximum Gasteiger partial charge on any atom is 0.409 e. The standard InChI is InChI=1S/C19H26N4O4/c1-13-11-23(12-14(2)27-13)8-9-26-18-5-4-15(21-19(24)25)10-16(18)17-6-7-20-22(17)3/h4-7,10,13-14,21H,8-9,11-12H2,1-3H3,(H,24,25)/t13-,14+. The number of hydrogen-bond acceptors (Lipinski definition) is 5. The van der Waals surface area contributed by atoms with Gasteiger partial charge in [0.15, 0.2) is 0 Å². The van der Waals surface area contributed by atoms with Gasteiger partial charge in [-0.05, 0) is 38.1 Å². The van der Waals surface area contributed by atoms with Crippen molar-refractivity contribution in [2.24, 2.45) is 7.05 Å². The van der Waals surface area contributed by atoms with Crippen molar-refractivity contribution in [3.63, 3.8) is 0 Å². The largest absolute Gasteiger partial charge is 0.492 e. The van der Waals surface area contributed by atoms with E-state index in [2.05, 4.69) is 29.2 Å². The van der Waals surface area contributed by atoms with Crippen molar-refractivity contribution in [2.45, 2.75) is 26.1 Å². The molecule has 1 aliphatic heterocycles. The van der Waals surface area contributed by atoms with Crippen molar-refractivity contribution < 1.29 is 19.4 Å². The maximum absolute atomic E-state index is 10.9. The minimum Gasteiger partial charge on any atom is -0.492 e. The number of aryl methyl sites for hydroxylation is 1. The first-order chi connectivity index (χ1) is 12.9. The summed E-state index contributed by atoms with van der Waals surface area (Å²) in [5, 5.41) is 15.5. The van der Waals surface area contributed by atoms with Gasteiger partial charge in [0.05, 0.1) is 17.9 Å². The fraction of sp³-hybridized carbons (Fsp3) is 0.474. The zero-order valence-electron chi connectivity index (χ0n) is 15.9. The number of nitrogens with zero attached hydrogens (tertiary/aromatic N) is 3. The smallest absolute Gasteiger partial charge is 0.409 e. The lowest BCUT2D eigenvalue weighted by Gasteiger charge is -2.35. The fourth-order valence-electron chi connectivity index (χ4n) is 3.45. The SMILES string of the molecule is C[C@@H]1CN(CCOc2ccc(NC(=O)O)cc2-c2ccnn2C)C[C@H](C)O1. The molecule has 1 amide bonds. The minimum atomic E-state index is -1.10. The predicted octanol–water partition coefficient (Wildman–Crippen LogP) is 2.67. The number of hydrogen-bond donors (Lipinski definition) is 2. The molecule has 3 rings (SSSR count). The number of morpholine rings is 1. The van der Waals surface area contributed by atoms with E-state index in [4.69, 9.17) is 14.6 Å². The van der Waals surface area contributed by atoms with Gasteiger partial charge in [-0.3, -0.25) is 14.9 Å². The van der Waals surface area contributed by atoms with E-state index in [9.17, 15) is 4.79 Å². The second kappa shape index (κ2) is 8.41. The monoisotopic (exact) mass is 374 g/mol. The highest BCUT2D eigenvalue weighted by molar-refractivity contribution is 5.85. The third-order valence-electron chi connectivity index (χ3n) is 4.49. The fourth-order valence-corrected chi connectivity index (χ4v) is 3.45. The number of carboxylic acid groups (broad SMARTS) is 1. The molecule has 2 aromatic rings. The van der Waals surface area contributed by atoms with E-state index in [1.807, 2.05) is 13.1 Å². The number of anilines is 1. The van der Waals surface area contributed by atoms with Crippen molar-refractivity contribution in [1.29, 1.82) is 0 Å². The van der Waals surface area contributed by atoms with Crippen molar-refractivity contribution in [1.82, 2.24) is 14.7 Å². The Morgan fingerprint density at radius 1 is 1.33 bits per heavy atom. The summed E-state index contributed by atoms with van der Waals surface area (Å²) in [5.74, 6) is 0.698. The highest BCUT2D eigenvalue weighted by Gasteiger charge is 2.22. The average molecular weight is 374 g/mol. The molecule has 146 valence electrons. The van der Waals surface area contributed by atoms with Gasteiger partial charge in [-0.2, -0.15) is 5.10 Å². The normalized spacial score (nSPS) is 20.4. The molecule has 1 aromatic heterocycles. The first kappa shape index (κ1) is 19.2. The third kappa shape index (κ3) is 4.99. The number of carbonyl (C=O) groups is 1. The summed E-state index contributed by atoms with van der Waals surface area (Å²) in [5.41, 5.74) is 2.14. The molecule has 2 N–H and O–H groups in total. The molecule has 1 aliphatic rings. The lowest BCUT2D eigenvalue weighted by atomic mass is 10.1. The van der Waals surface area contributed by atoms with Crippen LogP contribution in [0.1, 0.15) is 13.8 Å². The second-order valence-corrected chi connectivity index (χ2v) is 6.85. The van der Waals surface area contributed by atoms with Crippen LogP contribution in [0.2, 0.25) is 0 Å². The summed E-state index contributed by atoms with van der Waals surface area (Å²) in [6.07, 6.45) is 1.04. The molecule has 2 heterocycles. The van der Waals surface area contributed by atoms with E-state index in [0.717, 1.165) is 30.9 Å². The molecule has 2 atom stereocenters. The van der Waals surface area contributed by atoms with Crippen LogP contribution >= 0.6 is 0 Å². The predicted molar refractivity (Wildman–Crippen MR) is 102 cm³/mol. The number of ether oxygens (including phenoxy) is 2. The van der Waals surface area contributed by atoms with Crippen LogP contribution in [0.5, 0.6) is 5.75 Å². The molecule has 0 unspecified atom stereocenters. The van der Waals surface area contributed by atoms with Gasteiger partial charge in [-0.1, -0.05) is 0 Å². The average Bonchev–Trinajstić information content (AvgIpc) is 3.00. The molecule has 1 fully saturated rings. The van der Waals surface area contributed by atoms with Gasteiger partial charge in [0.2, 0.25) is 0 Å². The van der Waals surface area contributed by atoms with Crippen LogP contribution in [0.4, 0.5) is 10.5 Å². The minimum absolute atomic E-state index is 0.222. The van der Waals surface area contributed by atoms with Crippen LogP contribution < -0.4 is 10.1 Å². The molecule has 0 bridgehead atoms. The Morgan fingerprint density at radius 3 is 2.70 bits per heavy atom. The highest BCUT2D eigenvalue weighted by atomic mass is 16.5. The molecule has 8 nitrogen and oxygen atoms in total. The lowest BCUT2D eigenvalue weighted by molar-refractivity contribution is -0.0699. The lowest BCUT2D eigenvalue weighted by Crippen LogP contribution is -2.46. The first-order valence-corrected chi connectivity index (χ1v) is 9.05. The van der Waals surface area contributed by atoms with Crippen LogP contribution in [0.15, 0.2) is 30.5 Å². The molecule has 0 aliphatic carbocycles. The molecule has 1 saturated heterocycles. The van der Waals surface area contributed by atoms with E-state index in [0.29, 0.717) is 18.0 Å². The van der Waals surface area contributed by atoms with Crippen molar-refractivity contribution in [2.75, 3.05) is 31.6 Å². The number of aromatic nitrogens is 2. The number of rotatable bonds is 6. The van der Waals surface area contributed by atoms with E-state index in [1.165, 1.54) is 0 Å². The van der Waals surface area contributed by atoms with E-state index in [-0.39, 0.29) is 12.2 Å². The molecule has 27 heavy (non-hydrogen) atoms. The van der Waals surface area contributed by atoms with Crippen LogP contribution in [0, 0.1) is 0 Å². The molecule has 0 spiro atoms. The van der Waals surface area contributed by atoms with E-state index >= 15 is 0 Å². The molecule has 8 heteroatoms. The Morgan fingerprint density at radius 2 is 2.07 bits per heavy atom. The van der Waals surface area contributed by atoms with E-state index < -0.39 is 6.09 Å². The molecule has 1 aromatic carbocycles. The second-order valence-electron chi connectivity index (χ2n) is 6.85. The molecular weight excluding hydrogens is 348 g/mol. The Hall–Kier alpha value is -2.58. The Balaban J connectivity index is 1.72. The van der Waals surface area contributed by atoms with Crippen LogP contribution in [0.3, 0.4) is 0 Å². The van der Waals surface area contributed by atoms with Crippen molar-refractivity contribution in [3.05, 3.63) is 30.5 Å². The summed E-state index contributed by atoms with van der Waals surface area (Å²) in [6.45, 7) is 7.29. The number of nitrogens with one attached hydrogen (secondary N) is 1. The van der Waals surface area contributed by atoms with Crippen LogP contribution in [0.25, 0.3) is 11.3 Å². The Labute approximate surface area is 158 Å². The first-order valence-electron chi connectivity index (χ1n) is 9.05. The summed E-state index contributed by atoms with van der Waals surface area (Å²) in [6, 6.07) is 7.12. The third-order valence-corrected chi connectivity index (χ3v) is 4.49. The van der Waals surface area contributed by atoms with Gasteiger partial charge in [0, 0.05) is 44.1 Å². The van der Waals surface area contributed by atoms with Crippen molar-refractivity contribution in [3.8, 4) is 17.0 Å². The van der Waals surface area contributed by atoms with Gasteiger partial charge in [0.25, 0.3) is 0 Å². The summed E-state index contributed by atoms with van der Waals surface area (Å²) in [4.78, 5) is 13.3. The zero-order valence-corrected chi connectivity index (χ0v) is 15.9. The summed E-state index contributed by atoms with van der Waals surface area (Å²) < 4.78 is 13.5. The molecular formula is C19H26N4O4. The van der Waals surface area contributed by atoms with Gasteiger partial charge < -0.3 is 14.6 Å². The summed E-state index contributed by atoms with van der Waals surface area (Å²) >= 11 is 0.